The number of hydrogen-bond donors (Lipinski definition) is 1. The second kappa shape index (κ2) is 7.23. The summed E-state index contributed by atoms with van der Waals surface area (Å²) in [6.45, 7) is 4.39. The second-order valence-corrected chi connectivity index (χ2v) is 10.1. The van der Waals surface area contributed by atoms with Crippen LogP contribution in [-0.4, -0.2) is 27.3 Å². The first-order valence-corrected chi connectivity index (χ1v) is 11.4. The van der Waals surface area contributed by atoms with Crippen molar-refractivity contribution in [1.29, 1.82) is 0 Å². The number of rotatable bonds is 2. The molecule has 3 aliphatic rings. The van der Waals surface area contributed by atoms with Gasteiger partial charge in [-0.15, -0.1) is 5.10 Å². The van der Waals surface area contributed by atoms with Gasteiger partial charge in [0.2, 0.25) is 12.7 Å². The van der Waals surface area contributed by atoms with E-state index in [0.717, 1.165) is 23.2 Å². The van der Waals surface area contributed by atoms with Crippen molar-refractivity contribution in [1.82, 2.24) is 14.8 Å². The Morgan fingerprint density at radius 2 is 1.88 bits per heavy atom. The highest BCUT2D eigenvalue weighted by molar-refractivity contribution is 6.42. The first kappa shape index (κ1) is 20.6. The van der Waals surface area contributed by atoms with Gasteiger partial charge in [-0.05, 0) is 47.7 Å². The minimum atomic E-state index is -0.432. The van der Waals surface area contributed by atoms with Gasteiger partial charge in [0, 0.05) is 23.3 Å². The Bertz CT molecular complexity index is 1360. The molecule has 0 spiro atoms. The lowest BCUT2D eigenvalue weighted by molar-refractivity contribution is -0.118. The molecule has 7 nitrogen and oxygen atoms in total. The van der Waals surface area contributed by atoms with Crippen LogP contribution in [0.2, 0.25) is 10.0 Å². The van der Waals surface area contributed by atoms with E-state index in [2.05, 4.69) is 19.2 Å². The summed E-state index contributed by atoms with van der Waals surface area (Å²) in [6, 6.07) is 10.6. The summed E-state index contributed by atoms with van der Waals surface area (Å²) >= 11 is 12.3. The lowest BCUT2D eigenvalue weighted by Gasteiger charge is -2.38. The van der Waals surface area contributed by atoms with Crippen molar-refractivity contribution in [2.75, 3.05) is 12.1 Å². The Hall–Kier alpha value is -3.03. The molecule has 9 heteroatoms. The van der Waals surface area contributed by atoms with Crippen LogP contribution in [0.3, 0.4) is 0 Å². The molecule has 1 aliphatic carbocycles. The van der Waals surface area contributed by atoms with Gasteiger partial charge in [-0.2, -0.15) is 4.98 Å². The molecule has 0 radical (unpaired) electrons. The van der Waals surface area contributed by atoms with Crippen LogP contribution in [0.5, 0.6) is 11.5 Å². The topological polar surface area (TPSA) is 78.3 Å². The molecule has 3 heterocycles. The third-order valence-corrected chi connectivity index (χ3v) is 6.96. The fourth-order valence-corrected chi connectivity index (χ4v) is 5.06. The molecule has 168 valence electrons. The van der Waals surface area contributed by atoms with Gasteiger partial charge in [0.15, 0.2) is 23.1 Å². The molecule has 1 N–H and O–H groups in total. The van der Waals surface area contributed by atoms with Gasteiger partial charge in [0.1, 0.15) is 6.04 Å². The number of hydrogen-bond acceptors (Lipinski definition) is 6. The van der Waals surface area contributed by atoms with Crippen molar-refractivity contribution in [3.05, 3.63) is 63.3 Å². The summed E-state index contributed by atoms with van der Waals surface area (Å²) < 4.78 is 12.8. The van der Waals surface area contributed by atoms with E-state index in [0.29, 0.717) is 45.3 Å². The third kappa shape index (κ3) is 3.38. The molecule has 0 saturated carbocycles. The molecule has 0 bridgehead atoms. The zero-order chi connectivity index (χ0) is 22.9. The van der Waals surface area contributed by atoms with E-state index < -0.39 is 6.04 Å². The number of allylic oxidation sites excluding steroid dienone is 2. The molecule has 2 aromatic carbocycles. The number of anilines is 1. The van der Waals surface area contributed by atoms with E-state index in [-0.39, 0.29) is 18.0 Å². The number of halogens is 2. The highest BCUT2D eigenvalue weighted by Crippen LogP contribution is 2.47. The van der Waals surface area contributed by atoms with Crippen LogP contribution in [0.4, 0.5) is 5.95 Å². The Morgan fingerprint density at radius 3 is 2.70 bits per heavy atom. The largest absolute Gasteiger partial charge is 0.454 e. The second-order valence-electron chi connectivity index (χ2n) is 9.31. The van der Waals surface area contributed by atoms with Gasteiger partial charge in [-0.1, -0.05) is 43.1 Å². The molecule has 6 rings (SSSR count). The summed E-state index contributed by atoms with van der Waals surface area (Å²) in [5.74, 6) is 2.52. The van der Waals surface area contributed by atoms with E-state index >= 15 is 0 Å². The summed E-state index contributed by atoms with van der Waals surface area (Å²) in [4.78, 5) is 18.1. The predicted octanol–water partition coefficient (Wildman–Crippen LogP) is 5.64. The average Bonchev–Trinajstić information content (AvgIpc) is 3.39. The van der Waals surface area contributed by atoms with Crippen LogP contribution in [0, 0.1) is 5.41 Å². The number of aromatic nitrogens is 3. The molecule has 1 unspecified atom stereocenters. The van der Waals surface area contributed by atoms with Gasteiger partial charge >= 0.3 is 0 Å². The Labute approximate surface area is 200 Å². The fourth-order valence-electron chi connectivity index (χ4n) is 4.76. The monoisotopic (exact) mass is 482 g/mol. The minimum absolute atomic E-state index is 0.105. The van der Waals surface area contributed by atoms with Crippen LogP contribution in [-0.2, 0) is 4.79 Å². The van der Waals surface area contributed by atoms with Crippen LogP contribution in [0.15, 0.2) is 47.7 Å². The molecule has 0 fully saturated rings. The zero-order valence-electron chi connectivity index (χ0n) is 18.0. The van der Waals surface area contributed by atoms with Gasteiger partial charge in [0.05, 0.1) is 10.0 Å². The van der Waals surface area contributed by atoms with Crippen LogP contribution < -0.4 is 14.8 Å². The fraction of sp³-hybridized carbons (Fsp3) is 0.292. The summed E-state index contributed by atoms with van der Waals surface area (Å²) in [7, 11) is 0. The number of fused-ring (bicyclic) bond motifs is 2. The normalized spacial score (nSPS) is 20.4. The van der Waals surface area contributed by atoms with E-state index in [1.165, 1.54) is 0 Å². The van der Waals surface area contributed by atoms with Crippen molar-refractivity contribution in [3.8, 4) is 22.9 Å². The molecule has 1 atom stereocenters. The highest BCUT2D eigenvalue weighted by Gasteiger charge is 2.42. The number of Topliss-reactive ketones (excluding diaryl/α,β-unsaturated/α-hetero) is 1. The molecule has 2 aliphatic heterocycles. The number of ether oxygens (including phenoxy) is 2. The number of nitrogens with zero attached hydrogens (tertiary/aromatic N) is 3. The van der Waals surface area contributed by atoms with Crippen molar-refractivity contribution >= 4 is 34.9 Å². The lowest BCUT2D eigenvalue weighted by atomic mass is 9.73. The van der Waals surface area contributed by atoms with Crippen molar-refractivity contribution in [2.45, 2.75) is 32.7 Å². The number of carbonyl (C=O) groups is 1. The molecule has 0 amide bonds. The maximum atomic E-state index is 13.4. The van der Waals surface area contributed by atoms with Gasteiger partial charge < -0.3 is 14.8 Å². The lowest BCUT2D eigenvalue weighted by Crippen LogP contribution is -2.36. The maximum absolute atomic E-state index is 13.4. The molecular formula is C24H20Cl2N4O3. The molecule has 0 saturated heterocycles. The van der Waals surface area contributed by atoms with Crippen molar-refractivity contribution in [2.24, 2.45) is 5.41 Å². The Morgan fingerprint density at radius 1 is 1.06 bits per heavy atom. The first-order valence-electron chi connectivity index (χ1n) is 10.6. The molecule has 33 heavy (non-hydrogen) atoms. The number of ketones is 1. The number of carbonyl (C=O) groups excluding carboxylic acids is 1. The molecule has 3 aromatic rings. The highest BCUT2D eigenvalue weighted by atomic mass is 35.5. The Kier molecular flexibility index (Phi) is 4.51. The summed E-state index contributed by atoms with van der Waals surface area (Å²) in [6.07, 6.45) is 1.21. The van der Waals surface area contributed by atoms with Crippen LogP contribution in [0.1, 0.15) is 38.3 Å². The van der Waals surface area contributed by atoms with E-state index in [1.54, 1.807) is 16.8 Å². The van der Waals surface area contributed by atoms with Crippen molar-refractivity contribution in [3.63, 3.8) is 0 Å². The summed E-state index contributed by atoms with van der Waals surface area (Å²) in [5, 5.41) is 9.07. The predicted molar refractivity (Wildman–Crippen MR) is 125 cm³/mol. The minimum Gasteiger partial charge on any atom is -0.454 e. The van der Waals surface area contributed by atoms with Crippen LogP contribution in [0.25, 0.3) is 11.4 Å². The third-order valence-electron chi connectivity index (χ3n) is 6.22. The van der Waals surface area contributed by atoms with Gasteiger partial charge in [-0.25, -0.2) is 4.68 Å². The van der Waals surface area contributed by atoms with E-state index in [9.17, 15) is 4.79 Å². The quantitative estimate of drug-likeness (QED) is 0.509. The van der Waals surface area contributed by atoms with Gasteiger partial charge in [0.25, 0.3) is 0 Å². The van der Waals surface area contributed by atoms with E-state index in [4.69, 9.17) is 42.8 Å². The summed E-state index contributed by atoms with van der Waals surface area (Å²) in [5.41, 5.74) is 3.08. The average molecular weight is 483 g/mol. The number of benzene rings is 2. The zero-order valence-corrected chi connectivity index (χ0v) is 19.5. The molecular weight excluding hydrogens is 463 g/mol. The maximum Gasteiger partial charge on any atom is 0.231 e. The first-order chi connectivity index (χ1) is 15.8. The van der Waals surface area contributed by atoms with E-state index in [1.807, 2.05) is 24.3 Å². The van der Waals surface area contributed by atoms with Gasteiger partial charge in [-0.3, -0.25) is 4.79 Å². The number of nitrogens with one attached hydrogen (secondary N) is 1. The standard InChI is InChI=1S/C24H20Cl2N4O3/c1-24(2)9-16-20(17(31)10-24)21(12-4-6-18-19(8-12)33-11-32-18)30-23(27-16)28-22(29-30)13-3-5-14(25)15(26)7-13/h3-8,21H,9-11H2,1-2H3,(H,27,28,29). The smallest absolute Gasteiger partial charge is 0.231 e. The SMILES string of the molecule is CC1(C)CC(=O)C2=C(C1)Nc1nc(-c3ccc(Cl)c(Cl)c3)nn1C2c1ccc2c(c1)OCO2. The molecule has 1 aromatic heterocycles. The van der Waals surface area contributed by atoms with Crippen molar-refractivity contribution < 1.29 is 14.3 Å². The Balaban J connectivity index is 1.52. The van der Waals surface area contributed by atoms with Crippen LogP contribution >= 0.6 is 23.2 Å².